The monoisotopic (exact) mass is 392 g/mol. The number of aromatic hydroxyl groups is 1. The van der Waals surface area contributed by atoms with E-state index in [9.17, 15) is 20.0 Å². The number of fused-ring (bicyclic) bond motifs is 6. The molecule has 0 aliphatic carbocycles. The van der Waals surface area contributed by atoms with E-state index in [1.54, 1.807) is 24.3 Å². The number of carbonyl (C=O) groups excluding carboxylic acids is 1. The van der Waals surface area contributed by atoms with Crippen LogP contribution in [0, 0.1) is 10.1 Å². The molecule has 3 N–H and O–H groups in total. The summed E-state index contributed by atoms with van der Waals surface area (Å²) in [6, 6.07) is 13.7. The average molecular weight is 392 g/mol. The van der Waals surface area contributed by atoms with Crippen LogP contribution < -0.4 is 15.3 Å². The van der Waals surface area contributed by atoms with E-state index in [1.807, 2.05) is 0 Å². The number of anilines is 1. The van der Waals surface area contributed by atoms with Crippen molar-refractivity contribution in [3.05, 3.63) is 87.0 Å². The van der Waals surface area contributed by atoms with Crippen LogP contribution in [0.1, 0.15) is 27.0 Å². The van der Waals surface area contributed by atoms with Crippen molar-refractivity contribution in [2.45, 2.75) is 5.60 Å². The van der Waals surface area contributed by atoms with Crippen LogP contribution >= 0.6 is 0 Å². The topological polar surface area (TPSA) is 134 Å². The molecule has 0 radical (unpaired) electrons. The molecule has 0 saturated heterocycles. The Balaban J connectivity index is 1.83. The van der Waals surface area contributed by atoms with Gasteiger partial charge in [-0.05, 0) is 30.3 Å². The van der Waals surface area contributed by atoms with Gasteiger partial charge in [0.15, 0.2) is 5.60 Å². The van der Waals surface area contributed by atoms with Gasteiger partial charge in [0.05, 0.1) is 5.56 Å². The van der Waals surface area contributed by atoms with E-state index < -0.39 is 16.7 Å². The Labute approximate surface area is 163 Å². The van der Waals surface area contributed by atoms with Crippen LogP contribution in [0.4, 0.5) is 5.69 Å². The van der Waals surface area contributed by atoms with Gasteiger partial charge in [-0.1, -0.05) is 12.1 Å². The van der Waals surface area contributed by atoms with Crippen LogP contribution in [0.3, 0.4) is 0 Å². The minimum Gasteiger partial charge on any atom is -0.508 e. The maximum absolute atomic E-state index is 12.8. The zero-order valence-corrected chi connectivity index (χ0v) is 14.6. The number of phenols is 1. The Bertz CT molecular complexity index is 1220. The van der Waals surface area contributed by atoms with Gasteiger partial charge in [-0.2, -0.15) is 0 Å². The highest BCUT2D eigenvalue weighted by Crippen LogP contribution is 2.57. The van der Waals surface area contributed by atoms with E-state index in [-0.39, 0.29) is 34.2 Å². The number of benzene rings is 3. The predicted molar refractivity (Wildman–Crippen MR) is 98.4 cm³/mol. The summed E-state index contributed by atoms with van der Waals surface area (Å²) < 4.78 is 11.8. The van der Waals surface area contributed by atoms with Crippen molar-refractivity contribution in [2.24, 2.45) is 0 Å². The molecule has 29 heavy (non-hydrogen) atoms. The van der Waals surface area contributed by atoms with Crippen LogP contribution in [0.5, 0.6) is 23.0 Å². The third-order valence-electron chi connectivity index (χ3n) is 5.00. The number of nitrogens with two attached hydrogens (primary N) is 1. The second-order valence-corrected chi connectivity index (χ2v) is 6.60. The maximum Gasteiger partial charge on any atom is 0.342 e. The first-order valence-corrected chi connectivity index (χ1v) is 8.50. The van der Waals surface area contributed by atoms with Crippen LogP contribution in [0.2, 0.25) is 0 Å². The van der Waals surface area contributed by atoms with Gasteiger partial charge in [-0.3, -0.25) is 4.84 Å². The van der Waals surface area contributed by atoms with E-state index in [2.05, 4.69) is 4.84 Å². The molecule has 9 nitrogen and oxygen atoms in total. The molecule has 1 atom stereocenters. The van der Waals surface area contributed by atoms with Gasteiger partial charge in [0.25, 0.3) is 5.09 Å². The summed E-state index contributed by atoms with van der Waals surface area (Å²) in [5, 5.41) is 19.7. The van der Waals surface area contributed by atoms with Gasteiger partial charge in [0, 0.05) is 34.5 Å². The molecular formula is C20H12N2O7. The van der Waals surface area contributed by atoms with Gasteiger partial charge < -0.3 is 20.3 Å². The molecule has 3 aromatic rings. The first kappa shape index (κ1) is 16.9. The SMILES string of the molecule is Nc1cccc2c1C(=O)OC21c2ccc(O)cc2Oc2cc(O[N+](=O)[O-])ccc21. The molecule has 0 aromatic heterocycles. The molecule has 1 unspecified atom stereocenters. The number of nitrogen functional groups attached to an aromatic ring is 1. The molecular weight excluding hydrogens is 380 g/mol. The van der Waals surface area contributed by atoms with Crippen molar-refractivity contribution in [1.29, 1.82) is 0 Å². The molecule has 0 saturated carbocycles. The number of nitrogens with zero attached hydrogens (tertiary/aromatic N) is 1. The fraction of sp³-hybridized carbons (Fsp3) is 0.0500. The molecule has 2 aliphatic rings. The molecule has 9 heteroatoms. The minimum absolute atomic E-state index is 0.0582. The lowest BCUT2D eigenvalue weighted by atomic mass is 9.77. The fourth-order valence-corrected chi connectivity index (χ4v) is 3.91. The summed E-state index contributed by atoms with van der Waals surface area (Å²) >= 11 is 0. The standard InChI is InChI=1S/C20H12N2O7/c21-15-3-1-2-14-18(15)19(24)28-20(14)12-6-4-10(23)8-16(12)27-17-9-11(29-22(25)26)5-7-13(17)20/h1-9,23H,21H2. The molecule has 0 bridgehead atoms. The Morgan fingerprint density at radius 3 is 2.52 bits per heavy atom. The Kier molecular flexibility index (Phi) is 3.27. The second-order valence-electron chi connectivity index (χ2n) is 6.60. The van der Waals surface area contributed by atoms with Crippen LogP contribution in [-0.2, 0) is 10.3 Å². The maximum atomic E-state index is 12.8. The van der Waals surface area contributed by atoms with E-state index in [1.165, 1.54) is 30.3 Å². The van der Waals surface area contributed by atoms with Crippen molar-refractivity contribution in [2.75, 3.05) is 5.73 Å². The van der Waals surface area contributed by atoms with Crippen LogP contribution in [0.15, 0.2) is 54.6 Å². The Morgan fingerprint density at radius 2 is 1.76 bits per heavy atom. The van der Waals surface area contributed by atoms with Gasteiger partial charge in [-0.25, -0.2) is 4.79 Å². The highest BCUT2D eigenvalue weighted by molar-refractivity contribution is 6.01. The predicted octanol–water partition coefficient (Wildman–Crippen LogP) is 3.11. The summed E-state index contributed by atoms with van der Waals surface area (Å²) in [5.41, 5.74) is 6.61. The highest BCUT2D eigenvalue weighted by Gasteiger charge is 2.54. The van der Waals surface area contributed by atoms with Crippen molar-refractivity contribution in [1.82, 2.24) is 0 Å². The number of carbonyl (C=O) groups is 1. The van der Waals surface area contributed by atoms with Crippen molar-refractivity contribution in [3.8, 4) is 23.0 Å². The van der Waals surface area contributed by atoms with E-state index in [0.29, 0.717) is 16.7 Å². The van der Waals surface area contributed by atoms with Crippen LogP contribution in [0.25, 0.3) is 0 Å². The first-order valence-electron chi connectivity index (χ1n) is 8.50. The molecule has 0 amide bonds. The minimum atomic E-state index is -1.38. The van der Waals surface area contributed by atoms with E-state index >= 15 is 0 Å². The quantitative estimate of drug-likeness (QED) is 0.294. The average Bonchev–Trinajstić information content (AvgIpc) is 2.95. The second kappa shape index (κ2) is 5.61. The smallest absolute Gasteiger partial charge is 0.342 e. The van der Waals surface area contributed by atoms with Crippen molar-refractivity contribution in [3.63, 3.8) is 0 Å². The number of hydrogen-bond donors (Lipinski definition) is 2. The normalized spacial score (nSPS) is 18.3. The van der Waals surface area contributed by atoms with Crippen molar-refractivity contribution < 1.29 is 29.3 Å². The van der Waals surface area contributed by atoms with Gasteiger partial charge in [-0.15, -0.1) is 10.1 Å². The van der Waals surface area contributed by atoms with Crippen LogP contribution in [-0.4, -0.2) is 16.2 Å². The van der Waals surface area contributed by atoms with Crippen molar-refractivity contribution >= 4 is 11.7 Å². The van der Waals surface area contributed by atoms with Gasteiger partial charge in [0.2, 0.25) is 0 Å². The zero-order valence-electron chi connectivity index (χ0n) is 14.6. The molecule has 3 aromatic carbocycles. The summed E-state index contributed by atoms with van der Waals surface area (Å²) in [7, 11) is 0. The summed E-state index contributed by atoms with van der Waals surface area (Å²) in [6.45, 7) is 0. The number of hydrogen-bond acceptors (Lipinski definition) is 8. The summed E-state index contributed by atoms with van der Waals surface area (Å²) in [4.78, 5) is 28.0. The van der Waals surface area contributed by atoms with E-state index in [0.717, 1.165) is 0 Å². The molecule has 5 rings (SSSR count). The fourth-order valence-electron chi connectivity index (χ4n) is 3.91. The lowest BCUT2D eigenvalue weighted by Crippen LogP contribution is -2.33. The Hall–Kier alpha value is -4.27. The summed E-state index contributed by atoms with van der Waals surface area (Å²) in [5.74, 6) is -0.304. The molecule has 2 aliphatic heterocycles. The largest absolute Gasteiger partial charge is 0.508 e. The van der Waals surface area contributed by atoms with E-state index in [4.69, 9.17) is 15.2 Å². The number of phenolic OH excluding ortho intramolecular Hbond substituents is 1. The molecule has 2 heterocycles. The molecule has 1 spiro atoms. The lowest BCUT2D eigenvalue weighted by Gasteiger charge is -2.36. The third kappa shape index (κ3) is 2.24. The Morgan fingerprint density at radius 1 is 1.03 bits per heavy atom. The lowest BCUT2D eigenvalue weighted by molar-refractivity contribution is -0.711. The number of rotatable bonds is 2. The number of esters is 1. The number of ether oxygens (including phenoxy) is 2. The van der Waals surface area contributed by atoms with Gasteiger partial charge in [0.1, 0.15) is 23.0 Å². The van der Waals surface area contributed by atoms with Gasteiger partial charge >= 0.3 is 5.97 Å². The highest BCUT2D eigenvalue weighted by atomic mass is 17.0. The third-order valence-corrected chi connectivity index (χ3v) is 5.00. The first-order chi connectivity index (χ1) is 13.9. The molecule has 144 valence electrons. The summed E-state index contributed by atoms with van der Waals surface area (Å²) in [6.07, 6.45) is 0. The molecule has 0 fully saturated rings. The zero-order chi connectivity index (χ0) is 20.3.